The van der Waals surface area contributed by atoms with Crippen molar-refractivity contribution >= 4 is 21.6 Å². The molecule has 2 N–H and O–H groups in total. The summed E-state index contributed by atoms with van der Waals surface area (Å²) in [6.07, 6.45) is 1.62. The van der Waals surface area contributed by atoms with Gasteiger partial charge >= 0.3 is 0 Å². The summed E-state index contributed by atoms with van der Waals surface area (Å²) in [6.45, 7) is 7.97. The van der Waals surface area contributed by atoms with E-state index in [0.29, 0.717) is 17.8 Å². The van der Waals surface area contributed by atoms with Crippen molar-refractivity contribution in [2.75, 3.05) is 24.4 Å². The molecule has 32 heavy (non-hydrogen) atoms. The lowest BCUT2D eigenvalue weighted by atomic mass is 10.1. The first-order chi connectivity index (χ1) is 15.4. The number of anilines is 1. The first-order valence-corrected chi connectivity index (χ1v) is 12.1. The molecule has 1 aromatic heterocycles. The average molecular weight is 456 g/mol. The molecule has 170 valence electrons. The molecule has 8 heteroatoms. The molecule has 1 amide bonds. The van der Waals surface area contributed by atoms with E-state index in [1.165, 1.54) is 24.3 Å². The lowest BCUT2D eigenvalue weighted by Crippen LogP contribution is -2.37. The number of hydrogen-bond donors (Lipinski definition) is 2. The molecule has 7 nitrogen and oxygen atoms in total. The average Bonchev–Trinajstić information content (AvgIpc) is 3.32. The van der Waals surface area contributed by atoms with Crippen LogP contribution >= 0.6 is 0 Å². The van der Waals surface area contributed by atoms with Crippen molar-refractivity contribution in [1.82, 2.24) is 10.2 Å². The molecule has 3 rings (SSSR count). The first kappa shape index (κ1) is 23.6. The molecule has 0 aliphatic rings. The van der Waals surface area contributed by atoms with Gasteiger partial charge in [0.1, 0.15) is 5.76 Å². The molecule has 0 saturated heterocycles. The van der Waals surface area contributed by atoms with E-state index in [9.17, 15) is 13.2 Å². The molecule has 0 saturated carbocycles. The van der Waals surface area contributed by atoms with E-state index in [0.717, 1.165) is 24.4 Å². The Morgan fingerprint density at radius 3 is 2.28 bits per heavy atom. The fraction of sp³-hybridized carbons (Fsp3) is 0.292. The third kappa shape index (κ3) is 5.57. The zero-order valence-corrected chi connectivity index (χ0v) is 19.4. The maximum atomic E-state index is 12.7. The Kier molecular flexibility index (Phi) is 7.71. The largest absolute Gasteiger partial charge is 0.468 e. The molecule has 1 heterocycles. The van der Waals surface area contributed by atoms with Crippen LogP contribution in [0.25, 0.3) is 0 Å². The molecule has 0 bridgehead atoms. The molecule has 0 aliphatic heterocycles. The molecule has 2 aromatic carbocycles. The quantitative estimate of drug-likeness (QED) is 0.478. The molecule has 0 aliphatic carbocycles. The highest BCUT2D eigenvalue weighted by atomic mass is 32.2. The van der Waals surface area contributed by atoms with Gasteiger partial charge in [-0.2, -0.15) is 0 Å². The molecule has 0 spiro atoms. The lowest BCUT2D eigenvalue weighted by molar-refractivity contribution is 0.0929. The van der Waals surface area contributed by atoms with Crippen LogP contribution in [-0.2, 0) is 10.0 Å². The summed E-state index contributed by atoms with van der Waals surface area (Å²) in [4.78, 5) is 15.0. The molecular weight excluding hydrogens is 426 g/mol. The Morgan fingerprint density at radius 2 is 1.69 bits per heavy atom. The molecule has 0 radical (unpaired) electrons. The van der Waals surface area contributed by atoms with Crippen molar-refractivity contribution in [2.45, 2.75) is 31.7 Å². The van der Waals surface area contributed by atoms with Crippen molar-refractivity contribution in [3.63, 3.8) is 0 Å². The van der Waals surface area contributed by atoms with Crippen LogP contribution in [0.5, 0.6) is 0 Å². The number of carbonyl (C=O) groups excluding carboxylic acids is 1. The van der Waals surface area contributed by atoms with E-state index in [2.05, 4.69) is 28.8 Å². The van der Waals surface area contributed by atoms with Crippen LogP contribution in [0.3, 0.4) is 0 Å². The number of nitrogens with zero attached hydrogens (tertiary/aromatic N) is 1. The number of likely N-dealkylation sites (N-methyl/N-ethyl adjacent to an activating group) is 1. The summed E-state index contributed by atoms with van der Waals surface area (Å²) < 4.78 is 33.5. The van der Waals surface area contributed by atoms with Crippen LogP contribution in [-0.4, -0.2) is 38.9 Å². The number of hydrogen-bond acceptors (Lipinski definition) is 5. The van der Waals surface area contributed by atoms with Gasteiger partial charge in [-0.25, -0.2) is 8.42 Å². The second-order valence-corrected chi connectivity index (χ2v) is 9.09. The van der Waals surface area contributed by atoms with Crippen molar-refractivity contribution in [3.8, 4) is 0 Å². The molecule has 1 unspecified atom stereocenters. The topological polar surface area (TPSA) is 91.7 Å². The summed E-state index contributed by atoms with van der Waals surface area (Å²) in [5, 5.41) is 2.94. The third-order valence-electron chi connectivity index (χ3n) is 5.40. The van der Waals surface area contributed by atoms with Crippen LogP contribution < -0.4 is 10.0 Å². The van der Waals surface area contributed by atoms with Gasteiger partial charge in [0, 0.05) is 12.1 Å². The standard InChI is InChI=1S/C24H29N3O4S/c1-4-27(5-2)22(23-11-8-16-31-23)17-25-24(28)19-12-14-20(15-13-19)32(29,30)26-21-10-7-6-9-18(21)3/h6-16,22,26H,4-5,17H2,1-3H3,(H,25,28). The van der Waals surface area contributed by atoms with Crippen molar-refractivity contribution < 1.29 is 17.6 Å². The van der Waals surface area contributed by atoms with Crippen LogP contribution in [0.15, 0.2) is 76.2 Å². The van der Waals surface area contributed by atoms with Gasteiger partial charge in [-0.05, 0) is 68.0 Å². The van der Waals surface area contributed by atoms with Gasteiger partial charge in [-0.3, -0.25) is 14.4 Å². The minimum absolute atomic E-state index is 0.0816. The molecule has 0 fully saturated rings. The van der Waals surface area contributed by atoms with Crippen LogP contribution in [0.2, 0.25) is 0 Å². The maximum absolute atomic E-state index is 12.7. The number of carbonyl (C=O) groups is 1. The summed E-state index contributed by atoms with van der Waals surface area (Å²) in [6, 6.07) is 16.7. The van der Waals surface area contributed by atoms with Gasteiger partial charge in [0.15, 0.2) is 0 Å². The van der Waals surface area contributed by atoms with Gasteiger partial charge < -0.3 is 9.73 Å². The number of furan rings is 1. The Bertz CT molecular complexity index is 1120. The summed E-state index contributed by atoms with van der Waals surface area (Å²) in [7, 11) is -3.75. The predicted molar refractivity (Wildman–Crippen MR) is 125 cm³/mol. The van der Waals surface area contributed by atoms with Crippen LogP contribution in [0.4, 0.5) is 5.69 Å². The van der Waals surface area contributed by atoms with Gasteiger partial charge in [0.2, 0.25) is 0 Å². The summed E-state index contributed by atoms with van der Waals surface area (Å²) in [5.41, 5.74) is 1.73. The lowest BCUT2D eigenvalue weighted by Gasteiger charge is -2.28. The smallest absolute Gasteiger partial charge is 0.261 e. The fourth-order valence-electron chi connectivity index (χ4n) is 3.52. The third-order valence-corrected chi connectivity index (χ3v) is 6.78. The van der Waals surface area contributed by atoms with Gasteiger partial charge in [0.05, 0.1) is 22.9 Å². The number of para-hydroxylation sites is 1. The second-order valence-electron chi connectivity index (χ2n) is 7.41. The highest BCUT2D eigenvalue weighted by Crippen LogP contribution is 2.21. The van der Waals surface area contributed by atoms with E-state index in [1.54, 1.807) is 18.4 Å². The minimum Gasteiger partial charge on any atom is -0.468 e. The normalized spacial score (nSPS) is 12.5. The zero-order valence-electron chi connectivity index (χ0n) is 18.5. The van der Waals surface area contributed by atoms with E-state index >= 15 is 0 Å². The summed E-state index contributed by atoms with van der Waals surface area (Å²) in [5.74, 6) is 0.516. The second kappa shape index (κ2) is 10.5. The van der Waals surface area contributed by atoms with Crippen LogP contribution in [0, 0.1) is 6.92 Å². The minimum atomic E-state index is -3.75. The SMILES string of the molecule is CCN(CC)C(CNC(=O)c1ccc(S(=O)(=O)Nc2ccccc2C)cc1)c1ccco1. The Hall–Kier alpha value is -3.10. The number of amides is 1. The van der Waals surface area contributed by atoms with Crippen LogP contribution in [0.1, 0.15) is 41.6 Å². The Labute approximate surface area is 189 Å². The number of rotatable bonds is 10. The van der Waals surface area contributed by atoms with E-state index in [1.807, 2.05) is 31.2 Å². The zero-order chi connectivity index (χ0) is 23.1. The predicted octanol–water partition coefficient (Wildman–Crippen LogP) is 4.20. The number of sulfonamides is 1. The molecule has 1 atom stereocenters. The summed E-state index contributed by atoms with van der Waals surface area (Å²) >= 11 is 0. The monoisotopic (exact) mass is 455 g/mol. The fourth-order valence-corrected chi connectivity index (χ4v) is 4.65. The number of aryl methyl sites for hydroxylation is 1. The Balaban J connectivity index is 1.68. The van der Waals surface area contributed by atoms with Crippen molar-refractivity contribution in [3.05, 3.63) is 83.8 Å². The van der Waals surface area contributed by atoms with Gasteiger partial charge in [-0.1, -0.05) is 32.0 Å². The van der Waals surface area contributed by atoms with E-state index < -0.39 is 10.0 Å². The number of benzene rings is 2. The van der Waals surface area contributed by atoms with E-state index in [4.69, 9.17) is 4.42 Å². The van der Waals surface area contributed by atoms with Crippen molar-refractivity contribution in [2.24, 2.45) is 0 Å². The van der Waals surface area contributed by atoms with Crippen molar-refractivity contribution in [1.29, 1.82) is 0 Å². The number of nitrogens with one attached hydrogen (secondary N) is 2. The molecular formula is C24H29N3O4S. The first-order valence-electron chi connectivity index (χ1n) is 10.6. The Morgan fingerprint density at radius 1 is 1.00 bits per heavy atom. The molecule has 3 aromatic rings. The van der Waals surface area contributed by atoms with Gasteiger partial charge in [0.25, 0.3) is 15.9 Å². The maximum Gasteiger partial charge on any atom is 0.261 e. The van der Waals surface area contributed by atoms with Gasteiger partial charge in [-0.15, -0.1) is 0 Å². The highest BCUT2D eigenvalue weighted by molar-refractivity contribution is 7.92. The highest BCUT2D eigenvalue weighted by Gasteiger charge is 2.22. The van der Waals surface area contributed by atoms with E-state index in [-0.39, 0.29) is 16.8 Å².